The minimum Gasteiger partial charge on any atom is -0.456 e. The Morgan fingerprint density at radius 3 is 1.68 bits per heavy atom. The van der Waals surface area contributed by atoms with Crippen molar-refractivity contribution in [3.05, 3.63) is 241 Å². The van der Waals surface area contributed by atoms with Crippen molar-refractivity contribution in [3.8, 4) is 33.5 Å². The predicted octanol–water partition coefficient (Wildman–Crippen LogP) is 14.1. The van der Waals surface area contributed by atoms with E-state index in [-0.39, 0.29) is 0 Å². The molecule has 0 radical (unpaired) electrons. The average molecular weight is 729 g/mol. The molecular formula is C54H36N2O. The molecule has 0 aliphatic heterocycles. The van der Waals surface area contributed by atoms with Crippen LogP contribution in [0.15, 0.2) is 223 Å². The van der Waals surface area contributed by atoms with Crippen molar-refractivity contribution in [2.45, 2.75) is 5.41 Å². The van der Waals surface area contributed by atoms with E-state index in [1.54, 1.807) is 0 Å². The summed E-state index contributed by atoms with van der Waals surface area (Å²) in [4.78, 5) is 7.65. The van der Waals surface area contributed by atoms with Gasteiger partial charge in [-0.3, -0.25) is 4.98 Å². The smallest absolute Gasteiger partial charge is 0.135 e. The summed E-state index contributed by atoms with van der Waals surface area (Å²) in [5.74, 6) is 0. The van der Waals surface area contributed by atoms with E-state index in [0.29, 0.717) is 0 Å². The van der Waals surface area contributed by atoms with Gasteiger partial charge in [-0.2, -0.15) is 0 Å². The first-order valence-electron chi connectivity index (χ1n) is 19.5. The summed E-state index contributed by atoms with van der Waals surface area (Å²) < 4.78 is 6.38. The summed E-state index contributed by atoms with van der Waals surface area (Å²) in [6.45, 7) is 0. The highest BCUT2D eigenvalue weighted by Gasteiger charge is 2.47. The van der Waals surface area contributed by atoms with E-state index in [9.17, 15) is 0 Å². The van der Waals surface area contributed by atoms with Crippen molar-refractivity contribution in [1.82, 2.24) is 4.98 Å². The SMILES string of the molecule is c1ccc(-c2cc(-c3ccccc3)c(N(c3ccc4oc5ccccc5c4c3)c3ccccc3C3(c4ccccc4)c4ccccc4-c4ccccc43)cn2)cc1. The molecule has 0 atom stereocenters. The van der Waals surface area contributed by atoms with E-state index >= 15 is 0 Å². The molecule has 268 valence electrons. The van der Waals surface area contributed by atoms with Crippen LogP contribution in [0.5, 0.6) is 0 Å². The number of fused-ring (bicyclic) bond motifs is 6. The van der Waals surface area contributed by atoms with Crippen molar-refractivity contribution in [1.29, 1.82) is 0 Å². The number of hydrogen-bond donors (Lipinski definition) is 0. The zero-order chi connectivity index (χ0) is 37.8. The summed E-state index contributed by atoms with van der Waals surface area (Å²) in [7, 11) is 0. The number of rotatable bonds is 7. The van der Waals surface area contributed by atoms with Crippen LogP contribution in [-0.2, 0) is 5.41 Å². The fourth-order valence-electron chi connectivity index (χ4n) is 9.17. The molecule has 2 aromatic heterocycles. The monoisotopic (exact) mass is 728 g/mol. The topological polar surface area (TPSA) is 29.3 Å². The van der Waals surface area contributed by atoms with Crippen molar-refractivity contribution < 1.29 is 4.42 Å². The molecule has 0 saturated heterocycles. The fourth-order valence-corrected chi connectivity index (χ4v) is 9.17. The Morgan fingerprint density at radius 2 is 0.965 bits per heavy atom. The lowest BCUT2D eigenvalue weighted by Gasteiger charge is -2.38. The molecule has 0 unspecified atom stereocenters. The van der Waals surface area contributed by atoms with Crippen LogP contribution in [0.4, 0.5) is 17.1 Å². The third-order valence-electron chi connectivity index (χ3n) is 11.6. The highest BCUT2D eigenvalue weighted by Crippen LogP contribution is 2.59. The third-order valence-corrected chi connectivity index (χ3v) is 11.6. The lowest BCUT2D eigenvalue weighted by Crippen LogP contribution is -2.30. The van der Waals surface area contributed by atoms with Gasteiger partial charge < -0.3 is 9.32 Å². The van der Waals surface area contributed by atoms with Crippen LogP contribution in [-0.4, -0.2) is 4.98 Å². The minimum atomic E-state index is -0.625. The Bertz CT molecular complexity index is 3030. The summed E-state index contributed by atoms with van der Waals surface area (Å²) in [5.41, 5.74) is 15.8. The van der Waals surface area contributed by atoms with Gasteiger partial charge in [-0.15, -0.1) is 0 Å². The lowest BCUT2D eigenvalue weighted by molar-refractivity contribution is 0.669. The van der Waals surface area contributed by atoms with E-state index in [4.69, 9.17) is 9.40 Å². The van der Waals surface area contributed by atoms with Gasteiger partial charge in [-0.05, 0) is 75.3 Å². The van der Waals surface area contributed by atoms with Gasteiger partial charge >= 0.3 is 0 Å². The standard InChI is InChI=1S/C54H36N2O/c1-4-18-37(19-5-1)44-35-49(38-20-6-2-7-21-38)55-36-51(44)56(40-32-33-53-45(34-40)43-26-12-17-31-52(43)57-53)50-30-16-15-29-48(50)54(39-22-8-3-9-23-39)46-27-13-10-24-41(46)42-25-11-14-28-47(42)54/h1-36H. The van der Waals surface area contributed by atoms with Crippen LogP contribution in [0.25, 0.3) is 55.4 Å². The van der Waals surface area contributed by atoms with Crippen LogP contribution in [0.3, 0.4) is 0 Å². The summed E-state index contributed by atoms with van der Waals surface area (Å²) in [6, 6.07) is 76.1. The molecule has 0 saturated carbocycles. The van der Waals surface area contributed by atoms with Crippen molar-refractivity contribution in [2.24, 2.45) is 0 Å². The normalized spacial score (nSPS) is 12.7. The lowest BCUT2D eigenvalue weighted by atomic mass is 9.67. The number of furan rings is 1. The molecule has 3 heteroatoms. The number of benzene rings is 8. The van der Waals surface area contributed by atoms with Crippen LogP contribution in [0.2, 0.25) is 0 Å². The molecule has 57 heavy (non-hydrogen) atoms. The van der Waals surface area contributed by atoms with Crippen molar-refractivity contribution >= 4 is 39.0 Å². The zero-order valence-corrected chi connectivity index (χ0v) is 31.1. The van der Waals surface area contributed by atoms with Crippen LogP contribution < -0.4 is 4.90 Å². The Kier molecular flexibility index (Phi) is 7.71. The summed E-state index contributed by atoms with van der Waals surface area (Å²) in [5, 5.41) is 2.15. The van der Waals surface area contributed by atoms with Gasteiger partial charge in [0.25, 0.3) is 0 Å². The van der Waals surface area contributed by atoms with Gasteiger partial charge in [0.15, 0.2) is 0 Å². The van der Waals surface area contributed by atoms with Crippen LogP contribution in [0.1, 0.15) is 22.3 Å². The average Bonchev–Trinajstić information content (AvgIpc) is 3.81. The first-order chi connectivity index (χ1) is 28.3. The third kappa shape index (κ3) is 5.17. The maximum atomic E-state index is 6.38. The second-order valence-corrected chi connectivity index (χ2v) is 14.7. The number of hydrogen-bond acceptors (Lipinski definition) is 3. The molecule has 2 heterocycles. The predicted molar refractivity (Wildman–Crippen MR) is 234 cm³/mol. The molecule has 0 spiro atoms. The highest BCUT2D eigenvalue weighted by molar-refractivity contribution is 6.07. The van der Waals surface area contributed by atoms with Gasteiger partial charge in [-0.25, -0.2) is 0 Å². The molecule has 0 N–H and O–H groups in total. The Morgan fingerprint density at radius 1 is 0.404 bits per heavy atom. The fraction of sp³-hybridized carbons (Fsp3) is 0.0185. The van der Waals surface area contributed by atoms with Gasteiger partial charge in [0.05, 0.1) is 28.7 Å². The first kappa shape index (κ1) is 32.9. The number of para-hydroxylation sites is 2. The quantitative estimate of drug-likeness (QED) is 0.164. The van der Waals surface area contributed by atoms with E-state index in [1.807, 2.05) is 18.2 Å². The van der Waals surface area contributed by atoms with E-state index < -0.39 is 5.41 Å². The Hall–Kier alpha value is -7.49. The zero-order valence-electron chi connectivity index (χ0n) is 31.1. The number of pyridine rings is 1. The molecule has 1 aliphatic rings. The maximum absolute atomic E-state index is 6.38. The highest BCUT2D eigenvalue weighted by atomic mass is 16.3. The van der Waals surface area contributed by atoms with Gasteiger partial charge in [0.1, 0.15) is 11.2 Å². The summed E-state index contributed by atoms with van der Waals surface area (Å²) in [6.07, 6.45) is 2.06. The molecule has 11 rings (SSSR count). The molecule has 10 aromatic rings. The second-order valence-electron chi connectivity index (χ2n) is 14.7. The van der Waals surface area contributed by atoms with Crippen LogP contribution in [0, 0.1) is 0 Å². The molecule has 0 bridgehead atoms. The molecular weight excluding hydrogens is 693 g/mol. The second kappa shape index (κ2) is 13.4. The molecule has 1 aliphatic carbocycles. The number of aromatic nitrogens is 1. The Labute approximate surface area is 331 Å². The molecule has 3 nitrogen and oxygen atoms in total. The van der Waals surface area contributed by atoms with Gasteiger partial charge in [-0.1, -0.05) is 176 Å². The maximum Gasteiger partial charge on any atom is 0.135 e. The molecule has 0 amide bonds. The minimum absolute atomic E-state index is 0.625. The number of anilines is 3. The Balaban J connectivity index is 1.26. The van der Waals surface area contributed by atoms with E-state index in [2.05, 4.69) is 205 Å². The van der Waals surface area contributed by atoms with Crippen molar-refractivity contribution in [3.63, 3.8) is 0 Å². The van der Waals surface area contributed by atoms with E-state index in [1.165, 1.54) is 33.4 Å². The number of nitrogens with zero attached hydrogens (tertiary/aromatic N) is 2. The van der Waals surface area contributed by atoms with E-state index in [0.717, 1.165) is 61.4 Å². The molecule has 0 fully saturated rings. The summed E-state index contributed by atoms with van der Waals surface area (Å²) >= 11 is 0. The molecule has 8 aromatic carbocycles. The first-order valence-corrected chi connectivity index (χ1v) is 19.5. The largest absolute Gasteiger partial charge is 0.456 e. The van der Waals surface area contributed by atoms with Gasteiger partial charge in [0, 0.05) is 27.6 Å². The van der Waals surface area contributed by atoms with Crippen molar-refractivity contribution in [2.75, 3.05) is 4.90 Å². The van der Waals surface area contributed by atoms with Crippen LogP contribution >= 0.6 is 0 Å². The van der Waals surface area contributed by atoms with Gasteiger partial charge in [0.2, 0.25) is 0 Å².